The third-order valence-electron chi connectivity index (χ3n) is 7.42. The number of aliphatic carboxylic acids is 1. The molecule has 2 heterocycles. The Bertz CT molecular complexity index is 1740. The molecule has 1 aromatic heterocycles. The Labute approximate surface area is 247 Å². The first-order valence-electron chi connectivity index (χ1n) is 12.4. The molecule has 1 spiro atoms. The van der Waals surface area contributed by atoms with Crippen LogP contribution in [0.25, 0.3) is 11.3 Å². The minimum Gasteiger partial charge on any atom is -0.481 e. The number of benzene rings is 3. The largest absolute Gasteiger partial charge is 0.481 e. The van der Waals surface area contributed by atoms with Crippen LogP contribution >= 0.6 is 34.7 Å². The summed E-state index contributed by atoms with van der Waals surface area (Å²) in [6, 6.07) is 15.8. The molecule has 2 N–H and O–H groups in total. The third kappa shape index (κ3) is 4.34. The summed E-state index contributed by atoms with van der Waals surface area (Å²) in [5, 5.41) is 19.4. The highest BCUT2D eigenvalue weighted by Crippen LogP contribution is 2.54. The summed E-state index contributed by atoms with van der Waals surface area (Å²) in [6.07, 6.45) is -1.31. The van der Waals surface area contributed by atoms with Gasteiger partial charge in [0, 0.05) is 27.8 Å². The number of ether oxygens (including phenoxy) is 1. The number of amides is 1. The number of carboxylic acid groups (broad SMARTS) is 1. The molecule has 1 fully saturated rings. The maximum atomic E-state index is 13.9. The maximum Gasteiger partial charge on any atom is 0.311 e. The number of carbonyl (C=O) groups excluding carboxylic acids is 3. The number of halogens is 2. The molecule has 1 amide bonds. The van der Waals surface area contributed by atoms with Gasteiger partial charge in [0.15, 0.2) is 0 Å². The van der Waals surface area contributed by atoms with Crippen molar-refractivity contribution in [2.75, 3.05) is 5.32 Å². The van der Waals surface area contributed by atoms with Crippen molar-refractivity contribution in [3.8, 4) is 11.3 Å². The minimum absolute atomic E-state index is 0.0490. The summed E-state index contributed by atoms with van der Waals surface area (Å²) in [5.41, 5.74) is 0.464. The Morgan fingerprint density at radius 1 is 0.976 bits per heavy atom. The number of carbonyl (C=O) groups is 4. The number of hydrogen-bond donors (Lipinski definition) is 2. The van der Waals surface area contributed by atoms with E-state index in [1.165, 1.54) is 41.9 Å². The molecule has 4 aromatic rings. The molecule has 4 atom stereocenters. The van der Waals surface area contributed by atoms with Gasteiger partial charge in [-0.15, -0.1) is 5.10 Å². The quantitative estimate of drug-likeness (QED) is 0.277. The first-order valence-corrected chi connectivity index (χ1v) is 13.9. The Balaban J connectivity index is 1.44. The van der Waals surface area contributed by atoms with Gasteiger partial charge < -0.3 is 15.2 Å². The summed E-state index contributed by atoms with van der Waals surface area (Å²) in [6.45, 7) is 1.75. The van der Waals surface area contributed by atoms with Crippen LogP contribution in [0.2, 0.25) is 10.0 Å². The van der Waals surface area contributed by atoms with E-state index in [0.29, 0.717) is 22.5 Å². The predicted molar refractivity (Wildman–Crippen MR) is 151 cm³/mol. The van der Waals surface area contributed by atoms with E-state index in [9.17, 15) is 24.3 Å². The van der Waals surface area contributed by atoms with E-state index in [4.69, 9.17) is 27.9 Å². The van der Waals surface area contributed by atoms with Gasteiger partial charge in [-0.25, -0.2) is 0 Å². The SMILES string of the molecule is Cc1ccc2c(c1)C(=O)[C@]1(O[C@@H](c3ccc(Cl)c(Cl)c3)[C@@H](C(=O)Nc3ccc(-c4csnn4)cc3)[C@H]1C(=O)O)C2=O. The molecule has 1 aliphatic carbocycles. The summed E-state index contributed by atoms with van der Waals surface area (Å²) in [7, 11) is 0. The van der Waals surface area contributed by atoms with Crippen LogP contribution in [0.4, 0.5) is 5.69 Å². The number of ketones is 2. The number of aryl methyl sites for hydroxylation is 1. The van der Waals surface area contributed by atoms with Gasteiger partial charge in [0.1, 0.15) is 11.6 Å². The zero-order valence-corrected chi connectivity index (χ0v) is 23.5. The van der Waals surface area contributed by atoms with Gasteiger partial charge in [-0.1, -0.05) is 63.6 Å². The van der Waals surface area contributed by atoms with Crippen molar-refractivity contribution < 1.29 is 29.0 Å². The molecule has 6 rings (SSSR count). The van der Waals surface area contributed by atoms with Gasteiger partial charge >= 0.3 is 5.97 Å². The Morgan fingerprint density at radius 2 is 1.71 bits per heavy atom. The van der Waals surface area contributed by atoms with Crippen molar-refractivity contribution in [3.05, 3.63) is 98.3 Å². The van der Waals surface area contributed by atoms with Crippen LogP contribution in [-0.4, -0.2) is 43.7 Å². The van der Waals surface area contributed by atoms with Gasteiger partial charge in [-0.2, -0.15) is 0 Å². The molecule has 9 nitrogen and oxygen atoms in total. The van der Waals surface area contributed by atoms with Crippen molar-refractivity contribution in [2.45, 2.75) is 18.6 Å². The van der Waals surface area contributed by atoms with E-state index in [-0.39, 0.29) is 21.2 Å². The number of Topliss-reactive ketones (excluding diaryl/α,β-unsaturated/α-hetero) is 2. The fourth-order valence-corrected chi connectivity index (χ4v) is 6.30. The maximum absolute atomic E-state index is 13.9. The lowest BCUT2D eigenvalue weighted by molar-refractivity contribution is -0.147. The topological polar surface area (TPSA) is 136 Å². The molecule has 0 radical (unpaired) electrons. The number of nitrogens with zero attached hydrogens (tertiary/aromatic N) is 2. The fraction of sp³-hybridized carbons (Fsp3) is 0.172. The number of nitrogens with one attached hydrogen (secondary N) is 1. The Morgan fingerprint density at radius 3 is 2.37 bits per heavy atom. The molecule has 12 heteroatoms. The fourth-order valence-electron chi connectivity index (χ4n) is 5.53. The zero-order chi connectivity index (χ0) is 29.1. The predicted octanol–water partition coefficient (Wildman–Crippen LogP) is 5.67. The average molecular weight is 608 g/mol. The number of anilines is 1. The molecule has 1 saturated heterocycles. The smallest absolute Gasteiger partial charge is 0.311 e. The molecule has 206 valence electrons. The third-order valence-corrected chi connectivity index (χ3v) is 8.67. The van der Waals surface area contributed by atoms with Crippen molar-refractivity contribution >= 4 is 63.9 Å². The number of hydrogen-bond acceptors (Lipinski definition) is 8. The van der Waals surface area contributed by atoms with E-state index in [2.05, 4.69) is 14.9 Å². The summed E-state index contributed by atoms with van der Waals surface area (Å²) in [5.74, 6) is -7.20. The highest BCUT2D eigenvalue weighted by atomic mass is 35.5. The van der Waals surface area contributed by atoms with Crippen LogP contribution in [0.15, 0.2) is 66.0 Å². The summed E-state index contributed by atoms with van der Waals surface area (Å²) < 4.78 is 10.0. The van der Waals surface area contributed by atoms with Gasteiger partial charge in [-0.3, -0.25) is 19.2 Å². The lowest BCUT2D eigenvalue weighted by Gasteiger charge is -2.25. The van der Waals surface area contributed by atoms with E-state index in [1.807, 2.05) is 0 Å². The number of carboxylic acids is 1. The average Bonchev–Trinajstić information content (AvgIpc) is 3.66. The highest BCUT2D eigenvalue weighted by Gasteiger charge is 2.71. The van der Waals surface area contributed by atoms with E-state index >= 15 is 0 Å². The zero-order valence-electron chi connectivity index (χ0n) is 21.1. The lowest BCUT2D eigenvalue weighted by atomic mass is 9.75. The van der Waals surface area contributed by atoms with Gasteiger partial charge in [-0.05, 0) is 54.4 Å². The van der Waals surface area contributed by atoms with E-state index < -0.39 is 47.0 Å². The van der Waals surface area contributed by atoms with E-state index in [1.54, 1.807) is 42.6 Å². The second kappa shape index (κ2) is 10.1. The molecule has 1 aliphatic heterocycles. The van der Waals surface area contributed by atoms with Crippen molar-refractivity contribution in [1.82, 2.24) is 9.59 Å². The molecule has 2 aliphatic rings. The molecular weight excluding hydrogens is 589 g/mol. The normalized spacial score (nSPS) is 23.1. The van der Waals surface area contributed by atoms with Crippen molar-refractivity contribution in [3.63, 3.8) is 0 Å². The molecular formula is C29H19Cl2N3O6S. The molecule has 0 bridgehead atoms. The first kappa shape index (κ1) is 27.2. The van der Waals surface area contributed by atoms with Crippen LogP contribution < -0.4 is 5.32 Å². The molecule has 0 unspecified atom stereocenters. The lowest BCUT2D eigenvalue weighted by Crippen LogP contribution is -2.52. The number of aromatic nitrogens is 2. The number of fused-ring (bicyclic) bond motifs is 1. The van der Waals surface area contributed by atoms with Crippen LogP contribution in [0.1, 0.15) is 37.9 Å². The Kier molecular flexibility index (Phi) is 6.74. The molecule has 41 heavy (non-hydrogen) atoms. The van der Waals surface area contributed by atoms with Gasteiger partial charge in [0.2, 0.25) is 23.1 Å². The minimum atomic E-state index is -2.44. The van der Waals surface area contributed by atoms with Crippen LogP contribution in [0.5, 0.6) is 0 Å². The van der Waals surface area contributed by atoms with E-state index in [0.717, 1.165) is 5.56 Å². The van der Waals surface area contributed by atoms with Crippen LogP contribution in [0, 0.1) is 18.8 Å². The van der Waals surface area contributed by atoms with Crippen LogP contribution in [-0.2, 0) is 14.3 Å². The second-order valence-electron chi connectivity index (χ2n) is 9.85. The Hall–Kier alpha value is -3.96. The summed E-state index contributed by atoms with van der Waals surface area (Å²) in [4.78, 5) is 54.5. The standard InChI is InChI=1S/C29H19Cl2N3O6S/c1-13-2-8-17-18(10-13)26(36)29(25(17)35)23(28(38)39)22(24(40-29)15-5-9-19(30)20(31)11-15)27(37)32-16-6-3-14(4-7-16)21-12-41-34-33-21/h2-12,22-24H,1H3,(H,32,37)(H,38,39)/t22-,23-,24-,29+/m0/s1. The monoisotopic (exact) mass is 607 g/mol. The van der Waals surface area contributed by atoms with Gasteiger partial charge in [0.05, 0.1) is 22.1 Å². The van der Waals surface area contributed by atoms with Gasteiger partial charge in [0.25, 0.3) is 0 Å². The first-order chi connectivity index (χ1) is 19.6. The molecule has 0 saturated carbocycles. The summed E-state index contributed by atoms with van der Waals surface area (Å²) >= 11 is 13.6. The van der Waals surface area contributed by atoms with Crippen LogP contribution in [0.3, 0.4) is 0 Å². The van der Waals surface area contributed by atoms with Crippen molar-refractivity contribution in [2.24, 2.45) is 11.8 Å². The molecule has 3 aromatic carbocycles. The van der Waals surface area contributed by atoms with Crippen molar-refractivity contribution in [1.29, 1.82) is 0 Å². The highest BCUT2D eigenvalue weighted by molar-refractivity contribution is 7.03. The second-order valence-corrected chi connectivity index (χ2v) is 11.3. The number of rotatable bonds is 5.